The summed E-state index contributed by atoms with van der Waals surface area (Å²) in [6.45, 7) is 12.9. The third-order valence-corrected chi connectivity index (χ3v) is 9.18. The number of carbonyl (C=O) groups is 5. The molecule has 0 amide bonds. The molecule has 9 atom stereocenters. The van der Waals surface area contributed by atoms with Crippen LogP contribution >= 0.6 is 0 Å². The van der Waals surface area contributed by atoms with Gasteiger partial charge in [-0.05, 0) is 24.3 Å². The lowest BCUT2D eigenvalue weighted by molar-refractivity contribution is -0.263. The normalized spacial score (nSPS) is 43.6. The molecule has 2 bridgehead atoms. The molecule has 9 nitrogen and oxygen atoms in total. The lowest BCUT2D eigenvalue weighted by atomic mass is 9.38. The Labute approximate surface area is 204 Å². The average Bonchev–Trinajstić information content (AvgIpc) is 2.90. The number of hydrogen-bond acceptors (Lipinski definition) is 9. The van der Waals surface area contributed by atoms with Gasteiger partial charge < -0.3 is 19.3 Å². The zero-order chi connectivity index (χ0) is 26.2. The van der Waals surface area contributed by atoms with Gasteiger partial charge in [-0.25, -0.2) is 0 Å². The molecule has 0 aliphatic heterocycles. The Morgan fingerprint density at radius 3 is 2.06 bits per heavy atom. The van der Waals surface area contributed by atoms with E-state index in [4.69, 9.17) is 14.2 Å². The van der Waals surface area contributed by atoms with Gasteiger partial charge in [-0.2, -0.15) is 0 Å². The van der Waals surface area contributed by atoms with Crippen LogP contribution in [0.25, 0.3) is 0 Å². The molecule has 7 unspecified atom stereocenters. The van der Waals surface area contributed by atoms with Crippen LogP contribution in [0.1, 0.15) is 60.8 Å². The molecule has 4 aliphatic rings. The zero-order valence-corrected chi connectivity index (χ0v) is 21.1. The Hall–Kier alpha value is -2.55. The summed E-state index contributed by atoms with van der Waals surface area (Å²) >= 11 is 0. The molecule has 0 aromatic heterocycles. The smallest absolute Gasteiger partial charge is 0.303 e. The van der Waals surface area contributed by atoms with E-state index in [-0.39, 0.29) is 24.5 Å². The molecule has 35 heavy (non-hydrogen) atoms. The van der Waals surface area contributed by atoms with Gasteiger partial charge in [0.25, 0.3) is 0 Å². The number of ether oxygens (including phenoxy) is 3. The fourth-order valence-corrected chi connectivity index (χ4v) is 8.13. The second kappa shape index (κ2) is 7.98. The van der Waals surface area contributed by atoms with Crippen LogP contribution in [0.2, 0.25) is 0 Å². The first-order chi connectivity index (χ1) is 16.1. The second-order valence-corrected chi connectivity index (χ2v) is 11.5. The highest BCUT2D eigenvalue weighted by atomic mass is 16.6. The van der Waals surface area contributed by atoms with Crippen molar-refractivity contribution in [2.75, 3.05) is 0 Å². The van der Waals surface area contributed by atoms with E-state index in [1.165, 1.54) is 20.8 Å². The van der Waals surface area contributed by atoms with Crippen LogP contribution in [0.5, 0.6) is 0 Å². The predicted octanol–water partition coefficient (Wildman–Crippen LogP) is 1.93. The average molecular weight is 491 g/mol. The van der Waals surface area contributed by atoms with E-state index in [1.807, 2.05) is 0 Å². The van der Waals surface area contributed by atoms with Gasteiger partial charge in [0.15, 0.2) is 17.7 Å². The summed E-state index contributed by atoms with van der Waals surface area (Å²) in [5.74, 6) is -4.86. The molecule has 9 heteroatoms. The lowest BCUT2D eigenvalue weighted by Gasteiger charge is -2.66. The Morgan fingerprint density at radius 1 is 0.943 bits per heavy atom. The van der Waals surface area contributed by atoms with E-state index >= 15 is 0 Å². The van der Waals surface area contributed by atoms with Crippen LogP contribution in [0, 0.1) is 34.0 Å². The summed E-state index contributed by atoms with van der Waals surface area (Å²) < 4.78 is 17.1. The van der Waals surface area contributed by atoms with E-state index in [9.17, 15) is 29.1 Å². The second-order valence-electron chi connectivity index (χ2n) is 11.5. The summed E-state index contributed by atoms with van der Waals surface area (Å²) in [4.78, 5) is 64.8. The summed E-state index contributed by atoms with van der Waals surface area (Å²) in [6.07, 6.45) is -3.62. The number of hydrogen-bond donors (Lipinski definition) is 1. The summed E-state index contributed by atoms with van der Waals surface area (Å²) in [7, 11) is 0. The third-order valence-electron chi connectivity index (χ3n) is 9.18. The molecule has 4 rings (SSSR count). The number of Topliss-reactive ketones (excluding diaryl/α,β-unsaturated/α-hetero) is 2. The fourth-order valence-electron chi connectivity index (χ4n) is 8.13. The minimum atomic E-state index is -1.51. The lowest BCUT2D eigenvalue weighted by Crippen LogP contribution is -2.75. The van der Waals surface area contributed by atoms with Gasteiger partial charge >= 0.3 is 17.9 Å². The predicted molar refractivity (Wildman–Crippen MR) is 120 cm³/mol. The quantitative estimate of drug-likeness (QED) is 0.358. The van der Waals surface area contributed by atoms with Crippen molar-refractivity contribution in [1.82, 2.24) is 0 Å². The first-order valence-electron chi connectivity index (χ1n) is 12.1. The van der Waals surface area contributed by atoms with E-state index < -0.39 is 76.2 Å². The van der Waals surface area contributed by atoms with Crippen molar-refractivity contribution in [3.8, 4) is 0 Å². The maximum Gasteiger partial charge on any atom is 0.303 e. The van der Waals surface area contributed by atoms with E-state index in [2.05, 4.69) is 6.58 Å². The number of aliphatic hydroxyl groups is 1. The monoisotopic (exact) mass is 490 g/mol. The van der Waals surface area contributed by atoms with E-state index in [1.54, 1.807) is 20.8 Å². The number of aliphatic hydroxyl groups excluding tert-OH is 1. The molecule has 0 heterocycles. The van der Waals surface area contributed by atoms with Crippen molar-refractivity contribution in [3.63, 3.8) is 0 Å². The molecule has 4 saturated carbocycles. The third kappa shape index (κ3) is 3.33. The van der Waals surface area contributed by atoms with Crippen molar-refractivity contribution < 1.29 is 43.3 Å². The molecule has 0 aromatic rings. The number of esters is 3. The minimum absolute atomic E-state index is 0.0447. The van der Waals surface area contributed by atoms with Crippen LogP contribution < -0.4 is 0 Å². The van der Waals surface area contributed by atoms with Crippen LogP contribution in [0.3, 0.4) is 0 Å². The number of fused-ring (bicyclic) bond motifs is 3. The highest BCUT2D eigenvalue weighted by Crippen LogP contribution is 2.71. The highest BCUT2D eigenvalue weighted by Gasteiger charge is 2.79. The largest absolute Gasteiger partial charge is 0.462 e. The van der Waals surface area contributed by atoms with Crippen LogP contribution in [0.15, 0.2) is 12.2 Å². The van der Waals surface area contributed by atoms with Crippen LogP contribution in [-0.2, 0) is 38.2 Å². The molecule has 4 aliphatic carbocycles. The van der Waals surface area contributed by atoms with Crippen LogP contribution in [0.4, 0.5) is 0 Å². The Morgan fingerprint density at radius 2 is 1.51 bits per heavy atom. The molecule has 192 valence electrons. The van der Waals surface area contributed by atoms with Crippen molar-refractivity contribution >= 4 is 29.5 Å². The van der Waals surface area contributed by atoms with Crippen LogP contribution in [-0.4, -0.2) is 59.0 Å². The van der Waals surface area contributed by atoms with Gasteiger partial charge in [0.1, 0.15) is 12.2 Å². The molecular formula is C26H34O9. The van der Waals surface area contributed by atoms with Gasteiger partial charge in [0.05, 0.1) is 11.5 Å². The Kier molecular flexibility index (Phi) is 5.82. The molecular weight excluding hydrogens is 456 g/mol. The molecule has 1 spiro atoms. The molecule has 1 N–H and O–H groups in total. The number of ketones is 2. The van der Waals surface area contributed by atoms with E-state index in [0.717, 1.165) is 0 Å². The van der Waals surface area contributed by atoms with E-state index in [0.29, 0.717) is 12.0 Å². The number of allylic oxidation sites excluding steroid dienone is 1. The van der Waals surface area contributed by atoms with Gasteiger partial charge in [-0.15, -0.1) is 0 Å². The van der Waals surface area contributed by atoms with Gasteiger partial charge in [-0.1, -0.05) is 27.4 Å². The maximum absolute atomic E-state index is 14.3. The standard InChI is InChI=1S/C26H34O9/c1-11-15-8-16(33-12(2)27)20-25(7)18(34-13(3)28)9-17(30)24(5,6)21(25)19(31)23(35-14(4)29)26(20,10-15)22(11)32/h15-18,20-21,23,30H,1,8-10H2,2-7H3/t15?,16?,17?,18-,20?,21?,23?,25-,26?/m0/s1. The summed E-state index contributed by atoms with van der Waals surface area (Å²) in [5.41, 5.74) is -3.41. The first kappa shape index (κ1) is 25.5. The number of carbonyl (C=O) groups excluding carboxylic acids is 5. The van der Waals surface area contributed by atoms with Gasteiger partial charge in [0.2, 0.25) is 0 Å². The zero-order valence-electron chi connectivity index (χ0n) is 21.1. The molecule has 0 radical (unpaired) electrons. The Balaban J connectivity index is 2.04. The molecule has 4 fully saturated rings. The SMILES string of the molecule is C=C1C(=O)C23CC1CC(OC(C)=O)C2[C@@]1(C)C(C(=O)C3OC(C)=O)C(C)(C)C(O)C[C@@H]1OC(C)=O. The molecule has 0 saturated heterocycles. The highest BCUT2D eigenvalue weighted by molar-refractivity contribution is 6.08. The maximum atomic E-state index is 14.3. The summed E-state index contributed by atoms with van der Waals surface area (Å²) in [6, 6.07) is 0. The molecule has 0 aromatic carbocycles. The minimum Gasteiger partial charge on any atom is -0.462 e. The van der Waals surface area contributed by atoms with Gasteiger partial charge in [0, 0.05) is 49.9 Å². The summed E-state index contributed by atoms with van der Waals surface area (Å²) in [5, 5.41) is 11.1. The van der Waals surface area contributed by atoms with Crippen molar-refractivity contribution in [2.45, 2.75) is 85.2 Å². The Bertz CT molecular complexity index is 1030. The van der Waals surface area contributed by atoms with Crippen molar-refractivity contribution in [3.05, 3.63) is 12.2 Å². The fraction of sp³-hybridized carbons (Fsp3) is 0.731. The first-order valence-corrected chi connectivity index (χ1v) is 12.1. The van der Waals surface area contributed by atoms with Gasteiger partial charge in [-0.3, -0.25) is 24.0 Å². The number of rotatable bonds is 3. The van der Waals surface area contributed by atoms with Crippen molar-refractivity contribution in [2.24, 2.45) is 34.0 Å². The topological polar surface area (TPSA) is 133 Å². The van der Waals surface area contributed by atoms with Crippen molar-refractivity contribution in [1.29, 1.82) is 0 Å².